The van der Waals surface area contributed by atoms with Gasteiger partial charge in [-0.3, -0.25) is 0 Å². The topological polar surface area (TPSA) is 59.2 Å². The fraction of sp³-hybridized carbons (Fsp3) is 0.375. The number of hydrogen-bond donors (Lipinski definition) is 0. The van der Waals surface area contributed by atoms with Gasteiger partial charge >= 0.3 is 0 Å². The lowest BCUT2D eigenvalue weighted by molar-refractivity contribution is 0.611. The largest absolute Gasteiger partial charge is 0.355 e. The van der Waals surface area contributed by atoms with Crippen molar-refractivity contribution in [2.24, 2.45) is 0 Å². The van der Waals surface area contributed by atoms with E-state index in [1.54, 1.807) is 0 Å². The molecule has 0 bridgehead atoms. The van der Waals surface area contributed by atoms with Gasteiger partial charge in [-0.15, -0.1) is 14.8 Å². The molecular weight excluding hydrogens is 276 g/mol. The highest BCUT2D eigenvalue weighted by Crippen LogP contribution is 2.29. The fourth-order valence-corrected chi connectivity index (χ4v) is 3.19. The Bertz CT molecular complexity index is 753. The van der Waals surface area contributed by atoms with Gasteiger partial charge in [-0.25, -0.2) is 0 Å². The summed E-state index contributed by atoms with van der Waals surface area (Å²) in [6, 6.07) is 14.8. The van der Waals surface area contributed by atoms with Crippen molar-refractivity contribution in [3.8, 4) is 0 Å². The Hall–Kier alpha value is -2.50. The minimum absolute atomic E-state index is 0.642. The average Bonchev–Trinajstić information content (AvgIpc) is 2.90. The number of benzene rings is 1. The zero-order valence-electron chi connectivity index (χ0n) is 12.3. The third kappa shape index (κ3) is 2.52. The van der Waals surface area contributed by atoms with E-state index in [0.717, 1.165) is 25.3 Å². The lowest BCUT2D eigenvalue weighted by atomic mass is 9.92. The molecule has 1 atom stereocenters. The lowest BCUT2D eigenvalue weighted by Crippen LogP contribution is -2.25. The lowest BCUT2D eigenvalue weighted by Gasteiger charge is -2.21. The summed E-state index contributed by atoms with van der Waals surface area (Å²) in [7, 11) is 0. The number of rotatable bonds is 2. The van der Waals surface area contributed by atoms with Crippen LogP contribution in [0, 0.1) is 0 Å². The first-order valence-electron chi connectivity index (χ1n) is 7.75. The van der Waals surface area contributed by atoms with Crippen LogP contribution in [0.5, 0.6) is 0 Å². The van der Waals surface area contributed by atoms with Crippen molar-refractivity contribution in [3.05, 3.63) is 48.0 Å². The summed E-state index contributed by atoms with van der Waals surface area (Å²) in [6.07, 6.45) is 3.56. The Morgan fingerprint density at radius 2 is 1.86 bits per heavy atom. The molecule has 112 valence electrons. The van der Waals surface area contributed by atoms with Crippen LogP contribution in [-0.4, -0.2) is 38.3 Å². The molecule has 1 unspecified atom stereocenters. The maximum absolute atomic E-state index is 4.50. The van der Waals surface area contributed by atoms with Crippen molar-refractivity contribution in [2.45, 2.75) is 25.2 Å². The predicted molar refractivity (Wildman–Crippen MR) is 83.8 cm³/mol. The summed E-state index contributed by atoms with van der Waals surface area (Å²) in [6.45, 7) is 2.05. The zero-order valence-corrected chi connectivity index (χ0v) is 12.3. The van der Waals surface area contributed by atoms with Gasteiger partial charge < -0.3 is 4.90 Å². The Morgan fingerprint density at radius 1 is 0.955 bits per heavy atom. The first-order valence-corrected chi connectivity index (χ1v) is 7.75. The van der Waals surface area contributed by atoms with Crippen LogP contribution in [0.25, 0.3) is 5.65 Å². The summed E-state index contributed by atoms with van der Waals surface area (Å²) in [5.41, 5.74) is 2.13. The Labute approximate surface area is 128 Å². The third-order valence-electron chi connectivity index (χ3n) is 4.38. The number of hydrogen-bond acceptors (Lipinski definition) is 5. The predicted octanol–water partition coefficient (Wildman–Crippen LogP) is 2.29. The quantitative estimate of drug-likeness (QED) is 0.726. The number of nitrogens with zero attached hydrogens (tertiary/aromatic N) is 6. The normalized spacial score (nSPS) is 19.3. The van der Waals surface area contributed by atoms with Crippen LogP contribution in [0.1, 0.15) is 30.7 Å². The molecule has 0 N–H and O–H groups in total. The molecule has 3 heterocycles. The van der Waals surface area contributed by atoms with Crippen LogP contribution in [0.3, 0.4) is 0 Å². The minimum atomic E-state index is 0.642. The molecule has 2 aromatic heterocycles. The molecule has 0 aliphatic carbocycles. The fourth-order valence-electron chi connectivity index (χ4n) is 3.19. The smallest absolute Gasteiger partial charge is 0.200 e. The van der Waals surface area contributed by atoms with Crippen molar-refractivity contribution < 1.29 is 0 Å². The van der Waals surface area contributed by atoms with Crippen LogP contribution >= 0.6 is 0 Å². The average molecular weight is 294 g/mol. The third-order valence-corrected chi connectivity index (χ3v) is 4.38. The second-order valence-electron chi connectivity index (χ2n) is 5.74. The highest BCUT2D eigenvalue weighted by Gasteiger charge is 2.19. The molecular formula is C16H18N6. The second-order valence-corrected chi connectivity index (χ2v) is 5.74. The van der Waals surface area contributed by atoms with Crippen LogP contribution in [0.15, 0.2) is 42.5 Å². The van der Waals surface area contributed by atoms with Gasteiger partial charge in [0.05, 0.1) is 0 Å². The summed E-state index contributed by atoms with van der Waals surface area (Å²) in [4.78, 5) is 2.34. The van der Waals surface area contributed by atoms with E-state index >= 15 is 0 Å². The van der Waals surface area contributed by atoms with E-state index in [-0.39, 0.29) is 0 Å². The van der Waals surface area contributed by atoms with Gasteiger partial charge in [-0.1, -0.05) is 30.3 Å². The first-order chi connectivity index (χ1) is 10.9. The van der Waals surface area contributed by atoms with E-state index in [4.69, 9.17) is 0 Å². The second kappa shape index (κ2) is 5.71. The van der Waals surface area contributed by atoms with Gasteiger partial charge in [0.25, 0.3) is 0 Å². The standard InChI is InChI=1S/C16H18N6/c1-2-5-13(6-3-1)14-7-4-11-21(12-10-14)16-9-8-15-17-19-20-22(15)18-16/h1-3,5-6,8-9,14H,4,7,10-12H2. The van der Waals surface area contributed by atoms with Gasteiger partial charge in [0.1, 0.15) is 0 Å². The molecule has 1 aromatic carbocycles. The molecule has 0 saturated carbocycles. The van der Waals surface area contributed by atoms with E-state index in [9.17, 15) is 0 Å². The highest BCUT2D eigenvalue weighted by atomic mass is 15.6. The monoisotopic (exact) mass is 294 g/mol. The van der Waals surface area contributed by atoms with Gasteiger partial charge in [-0.2, -0.15) is 0 Å². The van der Waals surface area contributed by atoms with Gasteiger partial charge in [0.2, 0.25) is 0 Å². The molecule has 22 heavy (non-hydrogen) atoms. The van der Waals surface area contributed by atoms with Crippen molar-refractivity contribution in [3.63, 3.8) is 0 Å². The van der Waals surface area contributed by atoms with Crippen molar-refractivity contribution >= 4 is 11.5 Å². The minimum Gasteiger partial charge on any atom is -0.355 e. The summed E-state index contributed by atoms with van der Waals surface area (Å²) >= 11 is 0. The molecule has 4 rings (SSSR count). The SMILES string of the molecule is c1ccc(C2CCCN(c3ccc4nnnn4n3)CC2)cc1. The van der Waals surface area contributed by atoms with E-state index in [1.165, 1.54) is 23.0 Å². The Balaban J connectivity index is 1.52. The summed E-state index contributed by atoms with van der Waals surface area (Å²) in [5, 5.41) is 15.9. The molecule has 3 aromatic rings. The first kappa shape index (κ1) is 13.2. The van der Waals surface area contributed by atoms with E-state index in [1.807, 2.05) is 12.1 Å². The summed E-state index contributed by atoms with van der Waals surface area (Å²) in [5.74, 6) is 1.59. The maximum Gasteiger partial charge on any atom is 0.200 e. The molecule has 1 saturated heterocycles. The molecule has 6 nitrogen and oxygen atoms in total. The highest BCUT2D eigenvalue weighted by molar-refractivity contribution is 5.44. The number of fused-ring (bicyclic) bond motifs is 1. The van der Waals surface area contributed by atoms with E-state index in [2.05, 4.69) is 55.9 Å². The van der Waals surface area contributed by atoms with Gasteiger partial charge in [0.15, 0.2) is 11.5 Å². The molecule has 1 fully saturated rings. The van der Waals surface area contributed by atoms with Crippen molar-refractivity contribution in [1.82, 2.24) is 25.3 Å². The molecule has 6 heteroatoms. The van der Waals surface area contributed by atoms with Crippen LogP contribution in [0.2, 0.25) is 0 Å². The molecule has 1 aliphatic rings. The van der Waals surface area contributed by atoms with E-state index < -0.39 is 0 Å². The number of anilines is 1. The molecule has 0 spiro atoms. The van der Waals surface area contributed by atoms with Gasteiger partial charge in [-0.05, 0) is 53.3 Å². The Kier molecular flexibility index (Phi) is 3.42. The van der Waals surface area contributed by atoms with Crippen LogP contribution < -0.4 is 4.90 Å². The van der Waals surface area contributed by atoms with Crippen molar-refractivity contribution in [2.75, 3.05) is 18.0 Å². The summed E-state index contributed by atoms with van der Waals surface area (Å²) < 4.78 is 1.49. The van der Waals surface area contributed by atoms with Crippen molar-refractivity contribution in [1.29, 1.82) is 0 Å². The zero-order chi connectivity index (χ0) is 14.8. The molecule has 1 aliphatic heterocycles. The van der Waals surface area contributed by atoms with Gasteiger partial charge in [0, 0.05) is 13.1 Å². The maximum atomic E-state index is 4.50. The molecule has 0 radical (unpaired) electrons. The Morgan fingerprint density at radius 3 is 2.77 bits per heavy atom. The van der Waals surface area contributed by atoms with Crippen LogP contribution in [0.4, 0.5) is 5.82 Å². The van der Waals surface area contributed by atoms with E-state index in [0.29, 0.717) is 11.6 Å². The van der Waals surface area contributed by atoms with Crippen LogP contribution in [-0.2, 0) is 0 Å². The molecule has 0 amide bonds. The number of tetrazole rings is 1. The number of aromatic nitrogens is 5.